The number of hydrogen-bond donors (Lipinski definition) is 1. The van der Waals surface area contributed by atoms with E-state index >= 15 is 0 Å². The zero-order valence-electron chi connectivity index (χ0n) is 20.8. The van der Waals surface area contributed by atoms with Gasteiger partial charge in [0.25, 0.3) is 5.91 Å². The number of nitrogens with one attached hydrogen (secondary N) is 1. The number of nitrogens with zero attached hydrogens (tertiary/aromatic N) is 2. The molecule has 1 amide bonds. The van der Waals surface area contributed by atoms with Crippen LogP contribution >= 0.6 is 0 Å². The number of anilines is 1. The summed E-state index contributed by atoms with van der Waals surface area (Å²) in [7, 11) is 0. The van der Waals surface area contributed by atoms with Gasteiger partial charge in [-0.15, -0.1) is 0 Å². The van der Waals surface area contributed by atoms with Crippen molar-refractivity contribution in [3.8, 4) is 5.75 Å². The average molecular weight is 530 g/mol. The van der Waals surface area contributed by atoms with Gasteiger partial charge in [0.2, 0.25) is 5.82 Å². The summed E-state index contributed by atoms with van der Waals surface area (Å²) in [5.74, 6) is -9.98. The monoisotopic (exact) mass is 529 g/mol. The standard InChI is InChI=1S/C28H24F5N3O2/c1-28(2,3)18-7-9-19(10-8-18)38-15-16-5-4-6-17(13-16)27(37)34-21-11-12-36(35-21)14-20-22(29)24(31)26(33)25(32)23(20)30/h4-13H,14-15H2,1-3H3,(H,34,35,37). The Hall–Kier alpha value is -4.21. The van der Waals surface area contributed by atoms with Crippen LogP contribution in [0, 0.1) is 29.1 Å². The zero-order valence-corrected chi connectivity index (χ0v) is 20.8. The van der Waals surface area contributed by atoms with Crippen LogP contribution in [0.1, 0.15) is 47.8 Å². The van der Waals surface area contributed by atoms with Crippen LogP contribution in [0.4, 0.5) is 27.8 Å². The zero-order chi connectivity index (χ0) is 27.6. The lowest BCUT2D eigenvalue weighted by molar-refractivity contribution is 0.102. The third kappa shape index (κ3) is 5.85. The molecular formula is C28H24F5N3O2. The SMILES string of the molecule is CC(C)(C)c1ccc(OCc2cccc(C(=O)Nc3ccn(Cc4c(F)c(F)c(F)c(F)c4F)n3)c2)cc1. The van der Waals surface area contributed by atoms with Gasteiger partial charge in [0.05, 0.1) is 12.1 Å². The van der Waals surface area contributed by atoms with E-state index in [9.17, 15) is 26.7 Å². The summed E-state index contributed by atoms with van der Waals surface area (Å²) >= 11 is 0. The van der Waals surface area contributed by atoms with E-state index in [1.54, 1.807) is 24.3 Å². The quantitative estimate of drug-likeness (QED) is 0.164. The lowest BCUT2D eigenvalue weighted by Gasteiger charge is -2.19. The minimum atomic E-state index is -2.23. The highest BCUT2D eigenvalue weighted by Crippen LogP contribution is 2.25. The van der Waals surface area contributed by atoms with Crippen LogP contribution in [-0.2, 0) is 18.6 Å². The molecule has 5 nitrogen and oxygen atoms in total. The summed E-state index contributed by atoms with van der Waals surface area (Å²) in [5, 5.41) is 6.49. The minimum absolute atomic E-state index is 0.0270. The fourth-order valence-corrected chi connectivity index (χ4v) is 3.68. The molecule has 0 aliphatic rings. The molecule has 3 aromatic carbocycles. The molecule has 0 radical (unpaired) electrons. The maximum atomic E-state index is 14.0. The normalized spacial score (nSPS) is 11.5. The topological polar surface area (TPSA) is 56.1 Å². The highest BCUT2D eigenvalue weighted by Gasteiger charge is 2.26. The average Bonchev–Trinajstić information content (AvgIpc) is 3.34. The Kier molecular flexibility index (Phi) is 7.52. The summed E-state index contributed by atoms with van der Waals surface area (Å²) < 4.78 is 74.9. The van der Waals surface area contributed by atoms with Gasteiger partial charge in [-0.2, -0.15) is 5.10 Å². The highest BCUT2D eigenvalue weighted by atomic mass is 19.2. The molecule has 1 heterocycles. The molecule has 4 aromatic rings. The number of ether oxygens (including phenoxy) is 1. The molecule has 0 bridgehead atoms. The molecule has 0 spiro atoms. The van der Waals surface area contributed by atoms with Gasteiger partial charge in [0.1, 0.15) is 12.4 Å². The molecule has 0 saturated carbocycles. The Balaban J connectivity index is 1.40. The molecule has 0 atom stereocenters. The van der Waals surface area contributed by atoms with Crippen molar-refractivity contribution in [1.82, 2.24) is 9.78 Å². The van der Waals surface area contributed by atoms with Crippen LogP contribution < -0.4 is 10.1 Å². The lowest BCUT2D eigenvalue weighted by Crippen LogP contribution is -2.14. The largest absolute Gasteiger partial charge is 0.489 e. The summed E-state index contributed by atoms with van der Waals surface area (Å²) in [5.41, 5.74) is 1.22. The van der Waals surface area contributed by atoms with Crippen LogP contribution in [-0.4, -0.2) is 15.7 Å². The number of carbonyl (C=O) groups excluding carboxylic acids is 1. The summed E-state index contributed by atoms with van der Waals surface area (Å²) in [6.07, 6.45) is 1.24. The van der Waals surface area contributed by atoms with E-state index in [1.165, 1.54) is 17.8 Å². The smallest absolute Gasteiger partial charge is 0.256 e. The Morgan fingerprint density at radius 2 is 1.53 bits per heavy atom. The third-order valence-corrected chi connectivity index (χ3v) is 5.82. The van der Waals surface area contributed by atoms with Crippen LogP contribution in [0.3, 0.4) is 0 Å². The van der Waals surface area contributed by atoms with E-state index in [2.05, 4.69) is 31.2 Å². The van der Waals surface area contributed by atoms with Gasteiger partial charge in [-0.25, -0.2) is 22.0 Å². The van der Waals surface area contributed by atoms with Crippen molar-refractivity contribution >= 4 is 11.7 Å². The minimum Gasteiger partial charge on any atom is -0.489 e. The van der Waals surface area contributed by atoms with Gasteiger partial charge in [-0.1, -0.05) is 45.0 Å². The molecule has 0 aliphatic heterocycles. The third-order valence-electron chi connectivity index (χ3n) is 5.82. The first-order valence-corrected chi connectivity index (χ1v) is 11.6. The fourth-order valence-electron chi connectivity index (χ4n) is 3.68. The van der Waals surface area contributed by atoms with Crippen molar-refractivity contribution in [1.29, 1.82) is 0 Å². The van der Waals surface area contributed by atoms with Crippen molar-refractivity contribution in [3.05, 3.63) is 112 Å². The van der Waals surface area contributed by atoms with Gasteiger partial charge < -0.3 is 10.1 Å². The lowest BCUT2D eigenvalue weighted by atomic mass is 9.87. The summed E-state index contributed by atoms with van der Waals surface area (Å²) in [6.45, 7) is 5.86. The van der Waals surface area contributed by atoms with Crippen LogP contribution in [0.2, 0.25) is 0 Å². The number of carbonyl (C=O) groups is 1. The van der Waals surface area contributed by atoms with Gasteiger partial charge in [-0.3, -0.25) is 9.48 Å². The molecule has 0 saturated heterocycles. The Morgan fingerprint density at radius 1 is 0.895 bits per heavy atom. The second kappa shape index (κ2) is 10.6. The molecule has 198 valence electrons. The van der Waals surface area contributed by atoms with E-state index in [-0.39, 0.29) is 17.8 Å². The maximum Gasteiger partial charge on any atom is 0.256 e. The maximum absolute atomic E-state index is 14.0. The predicted octanol–water partition coefficient (Wildman–Crippen LogP) is 6.76. The van der Waals surface area contributed by atoms with E-state index in [1.807, 2.05) is 24.3 Å². The molecule has 0 aliphatic carbocycles. The number of aromatic nitrogens is 2. The first kappa shape index (κ1) is 26.8. The van der Waals surface area contributed by atoms with E-state index in [0.717, 1.165) is 10.2 Å². The second-order valence-corrected chi connectivity index (χ2v) is 9.66. The van der Waals surface area contributed by atoms with Crippen molar-refractivity contribution in [2.24, 2.45) is 0 Å². The Morgan fingerprint density at radius 3 is 2.16 bits per heavy atom. The first-order valence-electron chi connectivity index (χ1n) is 11.6. The number of benzene rings is 3. The molecule has 1 N–H and O–H groups in total. The van der Waals surface area contributed by atoms with Gasteiger partial charge in [0.15, 0.2) is 29.1 Å². The van der Waals surface area contributed by atoms with Crippen molar-refractivity contribution in [2.45, 2.75) is 39.3 Å². The Labute approximate surface area is 215 Å². The molecule has 0 unspecified atom stereocenters. The van der Waals surface area contributed by atoms with Crippen molar-refractivity contribution in [2.75, 3.05) is 5.32 Å². The predicted molar refractivity (Wildman–Crippen MR) is 131 cm³/mol. The second-order valence-electron chi connectivity index (χ2n) is 9.66. The van der Waals surface area contributed by atoms with Crippen molar-refractivity contribution in [3.63, 3.8) is 0 Å². The molecule has 38 heavy (non-hydrogen) atoms. The highest BCUT2D eigenvalue weighted by molar-refractivity contribution is 6.03. The molecule has 4 rings (SSSR count). The van der Waals surface area contributed by atoms with Gasteiger partial charge in [-0.05, 0) is 40.8 Å². The fraction of sp³-hybridized carbons (Fsp3) is 0.214. The van der Waals surface area contributed by atoms with Crippen LogP contribution in [0.5, 0.6) is 5.75 Å². The van der Waals surface area contributed by atoms with E-state index in [4.69, 9.17) is 4.74 Å². The van der Waals surface area contributed by atoms with E-state index < -0.39 is 47.1 Å². The number of amides is 1. The summed E-state index contributed by atoms with van der Waals surface area (Å²) in [6, 6.07) is 15.8. The van der Waals surface area contributed by atoms with Gasteiger partial charge in [0, 0.05) is 17.8 Å². The molecule has 10 heteroatoms. The Bertz CT molecular complexity index is 1450. The number of halogens is 5. The first-order chi connectivity index (χ1) is 17.9. The number of rotatable bonds is 7. The van der Waals surface area contributed by atoms with Gasteiger partial charge >= 0.3 is 0 Å². The molecule has 1 aromatic heterocycles. The molecule has 0 fully saturated rings. The van der Waals surface area contributed by atoms with Crippen LogP contribution in [0.25, 0.3) is 0 Å². The van der Waals surface area contributed by atoms with E-state index in [0.29, 0.717) is 11.3 Å². The molecular weight excluding hydrogens is 505 g/mol. The number of hydrogen-bond acceptors (Lipinski definition) is 3. The van der Waals surface area contributed by atoms with Crippen molar-refractivity contribution < 1.29 is 31.5 Å². The van der Waals surface area contributed by atoms with Crippen LogP contribution in [0.15, 0.2) is 60.8 Å². The summed E-state index contributed by atoms with van der Waals surface area (Å²) in [4.78, 5) is 12.7.